The monoisotopic (exact) mass is 338 g/mol. The molecule has 0 aromatic carbocycles. The smallest absolute Gasteiger partial charge is 0.242 e. The van der Waals surface area contributed by atoms with Crippen molar-refractivity contribution >= 4 is 5.91 Å². The zero-order valence-electron chi connectivity index (χ0n) is 15.6. The molecule has 6 nitrogen and oxygen atoms in total. The van der Waals surface area contributed by atoms with E-state index in [1.54, 1.807) is 0 Å². The number of carbonyl (C=O) groups excluding carboxylic acids is 1. The summed E-state index contributed by atoms with van der Waals surface area (Å²) in [5.74, 6) is 0.207. The van der Waals surface area contributed by atoms with Crippen LogP contribution in [0.25, 0.3) is 0 Å². The molecule has 138 valence electrons. The van der Waals surface area contributed by atoms with E-state index in [0.29, 0.717) is 26.1 Å². The van der Waals surface area contributed by atoms with Gasteiger partial charge in [-0.2, -0.15) is 0 Å². The number of amides is 1. The van der Waals surface area contributed by atoms with E-state index < -0.39 is 11.1 Å². The lowest BCUT2D eigenvalue weighted by Crippen LogP contribution is -2.59. The molecule has 0 bridgehead atoms. The maximum atomic E-state index is 13.1. The number of piperazine rings is 1. The topological polar surface area (TPSA) is 50.3 Å². The minimum Gasteiger partial charge on any atom is -0.387 e. The van der Waals surface area contributed by atoms with Crippen LogP contribution >= 0.6 is 0 Å². The van der Waals surface area contributed by atoms with Crippen molar-refractivity contribution in [3.63, 3.8) is 0 Å². The van der Waals surface area contributed by atoms with Crippen molar-refractivity contribution in [2.45, 2.75) is 43.7 Å². The quantitative estimate of drug-likeness (QED) is 0.789. The van der Waals surface area contributed by atoms with Crippen molar-refractivity contribution in [1.29, 1.82) is 0 Å². The molecule has 0 spiro atoms. The van der Waals surface area contributed by atoms with E-state index >= 15 is 0 Å². The van der Waals surface area contributed by atoms with Crippen molar-refractivity contribution in [3.05, 3.63) is 0 Å². The van der Waals surface area contributed by atoms with Crippen LogP contribution in [0, 0.1) is 0 Å². The Hall–Kier alpha value is -0.690. The van der Waals surface area contributed by atoms with Crippen LogP contribution in [0.1, 0.15) is 32.6 Å². The fourth-order valence-corrected chi connectivity index (χ4v) is 4.45. The molecule has 1 N–H and O–H groups in total. The highest BCUT2D eigenvalue weighted by atomic mass is 16.3. The third-order valence-corrected chi connectivity index (χ3v) is 6.44. The molecule has 0 saturated carbocycles. The Morgan fingerprint density at radius 2 is 1.71 bits per heavy atom. The van der Waals surface area contributed by atoms with Crippen LogP contribution in [0.4, 0.5) is 0 Å². The molecule has 3 heterocycles. The number of hydrogen-bond acceptors (Lipinski definition) is 5. The van der Waals surface area contributed by atoms with Crippen LogP contribution in [-0.4, -0.2) is 108 Å². The van der Waals surface area contributed by atoms with Gasteiger partial charge in [-0.3, -0.25) is 14.6 Å². The molecule has 3 aliphatic rings. The first-order valence-electron chi connectivity index (χ1n) is 9.46. The summed E-state index contributed by atoms with van der Waals surface area (Å²) in [6, 6.07) is 0. The Kier molecular flexibility index (Phi) is 5.21. The third-order valence-electron chi connectivity index (χ3n) is 6.44. The Bertz CT molecular complexity index is 466. The number of rotatable bonds is 3. The first-order valence-corrected chi connectivity index (χ1v) is 9.46. The highest BCUT2D eigenvalue weighted by Crippen LogP contribution is 2.32. The van der Waals surface area contributed by atoms with Gasteiger partial charge in [0.1, 0.15) is 0 Å². The van der Waals surface area contributed by atoms with Gasteiger partial charge in [0.25, 0.3) is 0 Å². The molecular formula is C18H34N4O2. The summed E-state index contributed by atoms with van der Waals surface area (Å²) in [7, 11) is 4.20. The van der Waals surface area contributed by atoms with E-state index in [4.69, 9.17) is 0 Å². The van der Waals surface area contributed by atoms with E-state index in [9.17, 15) is 9.90 Å². The van der Waals surface area contributed by atoms with Gasteiger partial charge in [-0.25, -0.2) is 0 Å². The Morgan fingerprint density at radius 3 is 2.38 bits per heavy atom. The summed E-state index contributed by atoms with van der Waals surface area (Å²) < 4.78 is 0. The molecule has 2 atom stereocenters. The van der Waals surface area contributed by atoms with Crippen molar-refractivity contribution in [2.75, 3.05) is 66.5 Å². The largest absolute Gasteiger partial charge is 0.387 e. The number of piperidine rings is 1. The van der Waals surface area contributed by atoms with Crippen LogP contribution in [0.2, 0.25) is 0 Å². The van der Waals surface area contributed by atoms with Crippen LogP contribution in [0.5, 0.6) is 0 Å². The second-order valence-corrected chi connectivity index (χ2v) is 8.43. The Labute approximate surface area is 146 Å². The predicted octanol–water partition coefficient (Wildman–Crippen LogP) is 0.0716. The van der Waals surface area contributed by atoms with Gasteiger partial charge in [-0.05, 0) is 53.2 Å². The van der Waals surface area contributed by atoms with Crippen molar-refractivity contribution in [3.8, 4) is 0 Å². The zero-order chi connectivity index (χ0) is 17.4. The highest BCUT2D eigenvalue weighted by Gasteiger charge is 2.47. The van der Waals surface area contributed by atoms with Crippen LogP contribution < -0.4 is 0 Å². The molecule has 6 heteroatoms. The van der Waals surface area contributed by atoms with Gasteiger partial charge in [0, 0.05) is 39.3 Å². The maximum Gasteiger partial charge on any atom is 0.242 e. The minimum atomic E-state index is -0.741. The van der Waals surface area contributed by atoms with Crippen LogP contribution in [0.15, 0.2) is 0 Å². The average molecular weight is 338 g/mol. The van der Waals surface area contributed by atoms with E-state index in [-0.39, 0.29) is 5.91 Å². The summed E-state index contributed by atoms with van der Waals surface area (Å²) in [6.45, 7) is 9.06. The predicted molar refractivity (Wildman–Crippen MR) is 95.0 cm³/mol. The lowest BCUT2D eigenvalue weighted by Gasteiger charge is -2.43. The summed E-state index contributed by atoms with van der Waals surface area (Å²) in [5, 5.41) is 11.0. The van der Waals surface area contributed by atoms with Gasteiger partial charge in [-0.15, -0.1) is 0 Å². The van der Waals surface area contributed by atoms with Gasteiger partial charge >= 0.3 is 0 Å². The average Bonchev–Trinajstić information content (AvgIpc) is 2.94. The number of nitrogens with zero attached hydrogens (tertiary/aromatic N) is 4. The zero-order valence-corrected chi connectivity index (χ0v) is 15.6. The highest BCUT2D eigenvalue weighted by molar-refractivity contribution is 5.86. The number of likely N-dealkylation sites (tertiary alicyclic amines) is 2. The third kappa shape index (κ3) is 3.62. The maximum absolute atomic E-state index is 13.1. The van der Waals surface area contributed by atoms with E-state index in [2.05, 4.69) is 35.7 Å². The molecule has 0 unspecified atom stereocenters. The number of β-amino-alcohol motifs (C(OH)–C–C–N with tert-alkyl or cyclic N) is 1. The number of hydrogen-bond donors (Lipinski definition) is 1. The molecule has 0 aliphatic carbocycles. The normalized spacial score (nSPS) is 37.1. The molecule has 3 aliphatic heterocycles. The van der Waals surface area contributed by atoms with Gasteiger partial charge in [0.2, 0.25) is 5.91 Å². The lowest BCUT2D eigenvalue weighted by molar-refractivity contribution is -0.145. The fourth-order valence-electron chi connectivity index (χ4n) is 4.45. The molecule has 24 heavy (non-hydrogen) atoms. The van der Waals surface area contributed by atoms with Gasteiger partial charge in [0.15, 0.2) is 0 Å². The van der Waals surface area contributed by atoms with E-state index in [1.807, 2.05) is 4.90 Å². The van der Waals surface area contributed by atoms with E-state index in [0.717, 1.165) is 45.6 Å². The second kappa shape index (κ2) is 6.90. The molecule has 0 aromatic heterocycles. The lowest BCUT2D eigenvalue weighted by atomic mass is 9.87. The first kappa shape index (κ1) is 18.1. The Balaban J connectivity index is 1.58. The van der Waals surface area contributed by atoms with Crippen molar-refractivity contribution < 1.29 is 9.90 Å². The SMILES string of the molecule is CN1CCN(C[C@@]2(O)CCN(C(=O)[C@]3(C)CCCCN3C)C2)CC1. The minimum absolute atomic E-state index is 0.207. The van der Waals surface area contributed by atoms with E-state index in [1.165, 1.54) is 6.42 Å². The summed E-state index contributed by atoms with van der Waals surface area (Å²) in [4.78, 5) is 21.9. The second-order valence-electron chi connectivity index (χ2n) is 8.43. The van der Waals surface area contributed by atoms with Gasteiger partial charge in [0.05, 0.1) is 17.7 Å². The summed E-state index contributed by atoms with van der Waals surface area (Å²) in [5.41, 5.74) is -1.13. The number of likely N-dealkylation sites (N-methyl/N-ethyl adjacent to an activating group) is 2. The summed E-state index contributed by atoms with van der Waals surface area (Å²) >= 11 is 0. The Morgan fingerprint density at radius 1 is 1.00 bits per heavy atom. The number of carbonyl (C=O) groups is 1. The van der Waals surface area contributed by atoms with Crippen molar-refractivity contribution in [1.82, 2.24) is 19.6 Å². The van der Waals surface area contributed by atoms with Crippen molar-refractivity contribution in [2.24, 2.45) is 0 Å². The fraction of sp³-hybridized carbons (Fsp3) is 0.944. The molecule has 0 radical (unpaired) electrons. The van der Waals surface area contributed by atoms with Gasteiger partial charge in [-0.1, -0.05) is 0 Å². The first-order chi connectivity index (χ1) is 11.3. The molecular weight excluding hydrogens is 304 g/mol. The van der Waals surface area contributed by atoms with Crippen LogP contribution in [-0.2, 0) is 4.79 Å². The molecule has 3 rings (SSSR count). The molecule has 3 fully saturated rings. The standard InChI is InChI=1S/C18H34N4O2/c1-17(6-4-5-8-20(17)3)16(23)22-9-7-18(24,15-22)14-21-12-10-19(2)11-13-21/h24H,4-15H2,1-3H3/t17-,18-/m0/s1. The molecule has 0 aromatic rings. The summed E-state index contributed by atoms with van der Waals surface area (Å²) in [6.07, 6.45) is 3.92. The van der Waals surface area contributed by atoms with Crippen LogP contribution in [0.3, 0.4) is 0 Å². The molecule has 3 saturated heterocycles. The molecule has 1 amide bonds. The number of aliphatic hydroxyl groups is 1. The van der Waals surface area contributed by atoms with Gasteiger partial charge < -0.3 is 14.9 Å².